The first-order valence-electron chi connectivity index (χ1n) is 8.24. The molecule has 136 valence electrons. The van der Waals surface area contributed by atoms with Gasteiger partial charge in [-0.25, -0.2) is 0 Å². The van der Waals surface area contributed by atoms with E-state index in [1.54, 1.807) is 24.3 Å². The van der Waals surface area contributed by atoms with Gasteiger partial charge in [0, 0.05) is 21.8 Å². The molecule has 2 aromatic rings. The van der Waals surface area contributed by atoms with Crippen LogP contribution in [0.2, 0.25) is 10.0 Å². The van der Waals surface area contributed by atoms with Gasteiger partial charge in [0.2, 0.25) is 5.91 Å². The summed E-state index contributed by atoms with van der Waals surface area (Å²) in [6.45, 7) is 4.29. The van der Waals surface area contributed by atoms with E-state index in [-0.39, 0.29) is 11.0 Å². The van der Waals surface area contributed by atoms with Gasteiger partial charge in [-0.15, -0.1) is 0 Å². The number of benzene rings is 2. The van der Waals surface area contributed by atoms with Crippen LogP contribution in [-0.4, -0.2) is 11.0 Å². The molecule has 0 aliphatic heterocycles. The summed E-state index contributed by atoms with van der Waals surface area (Å²) in [6.07, 6.45) is 4.01. The van der Waals surface area contributed by atoms with Crippen molar-refractivity contribution in [3.63, 3.8) is 0 Å². The molecule has 0 aliphatic rings. The number of hydrogen-bond acceptors (Lipinski definition) is 2. The average Bonchev–Trinajstić information content (AvgIpc) is 2.60. The van der Waals surface area contributed by atoms with Crippen molar-refractivity contribution in [2.45, 2.75) is 26.2 Å². The van der Waals surface area contributed by atoms with Crippen LogP contribution in [0.4, 0.5) is 5.69 Å². The summed E-state index contributed by atoms with van der Waals surface area (Å²) in [4.78, 5) is 12.1. The number of rotatable bonds is 5. The predicted octanol–water partition coefficient (Wildman–Crippen LogP) is 6.03. The van der Waals surface area contributed by atoms with Crippen molar-refractivity contribution < 1.29 is 4.79 Å². The van der Waals surface area contributed by atoms with Crippen molar-refractivity contribution in [3.8, 4) is 0 Å². The molecule has 0 heterocycles. The second kappa shape index (κ2) is 9.72. The summed E-state index contributed by atoms with van der Waals surface area (Å²) in [5.41, 5.74) is 2.76. The van der Waals surface area contributed by atoms with Crippen LogP contribution >= 0.6 is 35.4 Å². The number of nitrogens with one attached hydrogen (secondary N) is 2. The maximum absolute atomic E-state index is 12.1. The average molecular weight is 407 g/mol. The minimum atomic E-state index is -0.338. The number of thiocarbonyl (C=S) groups is 1. The van der Waals surface area contributed by atoms with Gasteiger partial charge >= 0.3 is 0 Å². The highest BCUT2D eigenvalue weighted by Gasteiger charge is 2.10. The molecule has 2 N–H and O–H groups in total. The second-order valence-corrected chi connectivity index (χ2v) is 7.09. The number of anilines is 1. The Morgan fingerprint density at radius 2 is 1.96 bits per heavy atom. The van der Waals surface area contributed by atoms with E-state index in [0.717, 1.165) is 17.7 Å². The van der Waals surface area contributed by atoms with E-state index in [0.29, 0.717) is 21.5 Å². The molecule has 6 heteroatoms. The molecule has 1 unspecified atom stereocenters. The molecule has 1 atom stereocenters. The molecule has 0 spiro atoms. The van der Waals surface area contributed by atoms with Crippen molar-refractivity contribution in [1.82, 2.24) is 5.32 Å². The van der Waals surface area contributed by atoms with Crippen molar-refractivity contribution in [1.29, 1.82) is 0 Å². The third-order valence-electron chi connectivity index (χ3n) is 3.97. The predicted molar refractivity (Wildman–Crippen MR) is 115 cm³/mol. The van der Waals surface area contributed by atoms with Crippen LogP contribution in [0.1, 0.15) is 37.3 Å². The van der Waals surface area contributed by atoms with E-state index in [4.69, 9.17) is 35.4 Å². The molecule has 1 amide bonds. The zero-order valence-electron chi connectivity index (χ0n) is 14.6. The lowest BCUT2D eigenvalue weighted by molar-refractivity contribution is -0.115. The largest absolute Gasteiger partial charge is 0.332 e. The molecule has 26 heavy (non-hydrogen) atoms. The first-order chi connectivity index (χ1) is 12.4. The zero-order valence-corrected chi connectivity index (χ0v) is 16.9. The maximum Gasteiger partial charge on any atom is 0.250 e. The number of halogens is 2. The fourth-order valence-corrected chi connectivity index (χ4v) is 3.05. The van der Waals surface area contributed by atoms with Crippen molar-refractivity contribution >= 4 is 58.2 Å². The molecule has 0 radical (unpaired) electrons. The summed E-state index contributed by atoms with van der Waals surface area (Å²) in [6, 6.07) is 13.0. The normalized spacial score (nSPS) is 12.0. The number of carbonyl (C=O) groups excluding carboxylic acids is 1. The van der Waals surface area contributed by atoms with Gasteiger partial charge in [0.05, 0.1) is 0 Å². The Balaban J connectivity index is 2.00. The molecular weight excluding hydrogens is 387 g/mol. The highest BCUT2D eigenvalue weighted by atomic mass is 35.5. The summed E-state index contributed by atoms with van der Waals surface area (Å²) in [5.74, 6) is 0.0543. The summed E-state index contributed by atoms with van der Waals surface area (Å²) in [7, 11) is 0. The van der Waals surface area contributed by atoms with Crippen LogP contribution in [-0.2, 0) is 4.79 Å². The van der Waals surface area contributed by atoms with E-state index < -0.39 is 0 Å². The lowest BCUT2D eigenvalue weighted by Crippen LogP contribution is -2.33. The minimum Gasteiger partial charge on any atom is -0.332 e. The molecule has 0 aromatic heterocycles. The Morgan fingerprint density at radius 3 is 2.65 bits per heavy atom. The van der Waals surface area contributed by atoms with E-state index in [1.165, 1.54) is 6.08 Å². The number of amides is 1. The maximum atomic E-state index is 12.1. The monoisotopic (exact) mass is 406 g/mol. The lowest BCUT2D eigenvalue weighted by Gasteiger charge is -2.16. The van der Waals surface area contributed by atoms with Crippen LogP contribution in [0.5, 0.6) is 0 Å². The molecule has 0 fully saturated rings. The minimum absolute atomic E-state index is 0.248. The standard InChI is InChI=1S/C20H20Cl2N2OS/c1-3-13(2)16-6-4-5-7-18(16)23-20(26)24-19(25)11-9-14-8-10-15(21)12-17(14)22/h4-13H,3H2,1-2H3,(H2,23,24,25,26). The number of para-hydroxylation sites is 1. The van der Waals surface area contributed by atoms with E-state index in [1.807, 2.05) is 18.2 Å². The highest BCUT2D eigenvalue weighted by molar-refractivity contribution is 7.80. The van der Waals surface area contributed by atoms with E-state index >= 15 is 0 Å². The number of carbonyl (C=O) groups is 1. The van der Waals surface area contributed by atoms with Crippen molar-refractivity contribution in [2.24, 2.45) is 0 Å². The molecule has 2 rings (SSSR count). The summed E-state index contributed by atoms with van der Waals surface area (Å²) in [5, 5.41) is 7.00. The van der Waals surface area contributed by atoms with Crippen LogP contribution < -0.4 is 10.6 Å². The third kappa shape index (κ3) is 5.84. The summed E-state index contributed by atoms with van der Waals surface area (Å²) >= 11 is 17.2. The lowest BCUT2D eigenvalue weighted by atomic mass is 9.97. The van der Waals surface area contributed by atoms with Gasteiger partial charge in [0.1, 0.15) is 0 Å². The van der Waals surface area contributed by atoms with Gasteiger partial charge in [0.25, 0.3) is 0 Å². The molecule has 2 aromatic carbocycles. The Hall–Kier alpha value is -1.88. The molecule has 0 saturated heterocycles. The highest BCUT2D eigenvalue weighted by Crippen LogP contribution is 2.26. The zero-order chi connectivity index (χ0) is 19.1. The first kappa shape index (κ1) is 20.4. The van der Waals surface area contributed by atoms with Crippen molar-refractivity contribution in [3.05, 3.63) is 69.7 Å². The van der Waals surface area contributed by atoms with E-state index in [2.05, 4.69) is 30.5 Å². The smallest absolute Gasteiger partial charge is 0.250 e. The number of hydrogen-bond donors (Lipinski definition) is 2. The molecular formula is C20H20Cl2N2OS. The summed E-state index contributed by atoms with van der Waals surface area (Å²) < 4.78 is 0. The Morgan fingerprint density at radius 1 is 1.23 bits per heavy atom. The van der Waals surface area contributed by atoms with Gasteiger partial charge in [-0.3, -0.25) is 10.1 Å². The molecule has 3 nitrogen and oxygen atoms in total. The van der Waals surface area contributed by atoms with Crippen LogP contribution in [0, 0.1) is 0 Å². The van der Waals surface area contributed by atoms with Crippen LogP contribution in [0.25, 0.3) is 6.08 Å². The Bertz CT molecular complexity index is 836. The fourth-order valence-electron chi connectivity index (χ4n) is 2.37. The van der Waals surface area contributed by atoms with Gasteiger partial charge in [-0.2, -0.15) is 0 Å². The topological polar surface area (TPSA) is 41.1 Å². The SMILES string of the molecule is CCC(C)c1ccccc1NC(=S)NC(=O)C=Cc1ccc(Cl)cc1Cl. The van der Waals surface area contributed by atoms with Crippen LogP contribution in [0.15, 0.2) is 48.5 Å². The van der Waals surface area contributed by atoms with Gasteiger partial charge in [-0.05, 0) is 60.0 Å². The quantitative estimate of drug-likeness (QED) is 0.470. The third-order valence-corrected chi connectivity index (χ3v) is 4.73. The fraction of sp³-hybridized carbons (Fsp3) is 0.200. The molecule has 0 saturated carbocycles. The Kier molecular flexibility index (Phi) is 7.64. The van der Waals surface area contributed by atoms with Gasteiger partial charge in [-0.1, -0.05) is 61.3 Å². The molecule has 0 bridgehead atoms. The van der Waals surface area contributed by atoms with Gasteiger partial charge in [0.15, 0.2) is 5.11 Å². The van der Waals surface area contributed by atoms with E-state index in [9.17, 15) is 4.79 Å². The first-order valence-corrected chi connectivity index (χ1v) is 9.41. The Labute approximate surface area is 169 Å². The second-order valence-electron chi connectivity index (χ2n) is 5.84. The van der Waals surface area contributed by atoms with Crippen LogP contribution in [0.3, 0.4) is 0 Å². The molecule has 0 aliphatic carbocycles. The van der Waals surface area contributed by atoms with Gasteiger partial charge < -0.3 is 5.32 Å². The van der Waals surface area contributed by atoms with Crippen molar-refractivity contribution in [2.75, 3.05) is 5.32 Å².